The highest BCUT2D eigenvalue weighted by Crippen LogP contribution is 2.55. The van der Waals surface area contributed by atoms with Gasteiger partial charge in [0.15, 0.2) is 5.75 Å². The third kappa shape index (κ3) is 9.57. The minimum absolute atomic E-state index is 0.0189. The van der Waals surface area contributed by atoms with Crippen LogP contribution in [0.4, 0.5) is 22.7 Å². The predicted molar refractivity (Wildman–Crippen MR) is 235 cm³/mol. The Labute approximate surface area is 371 Å². The van der Waals surface area contributed by atoms with Crippen LogP contribution in [0.5, 0.6) is 23.0 Å². The molecule has 348 valence electrons. The summed E-state index contributed by atoms with van der Waals surface area (Å²) in [5.41, 5.74) is -0.722. The van der Waals surface area contributed by atoms with Gasteiger partial charge in [0, 0.05) is 67.2 Å². The number of Topliss-reactive ketones (excluding diaryl/α,β-unsaturated/α-hetero) is 1. The fraction of sp³-hybridized carbons (Fsp3) is 0.409. The van der Waals surface area contributed by atoms with Crippen molar-refractivity contribution in [3.05, 3.63) is 91.3 Å². The second-order valence-electron chi connectivity index (χ2n) is 16.2. The number of ketones is 1. The summed E-state index contributed by atoms with van der Waals surface area (Å²) in [6.45, 7) is 11.9. The lowest BCUT2D eigenvalue weighted by molar-refractivity contribution is -0.393. The number of phenols is 3. The van der Waals surface area contributed by atoms with Gasteiger partial charge in [0.2, 0.25) is 0 Å². The van der Waals surface area contributed by atoms with Crippen LogP contribution in [0, 0.1) is 50.8 Å². The maximum Gasteiger partial charge on any atom is 0.312 e. The zero-order valence-corrected chi connectivity index (χ0v) is 36.9. The number of methoxy groups -OCH3 is 1. The van der Waals surface area contributed by atoms with Gasteiger partial charge < -0.3 is 49.8 Å². The minimum atomic E-state index is -2.18. The molecule has 0 fully saturated rings. The average molecular weight is 906 g/mol. The molecular formula is C44H51N5O16. The summed E-state index contributed by atoms with van der Waals surface area (Å²) in [5.74, 6) is -9.97. The summed E-state index contributed by atoms with van der Waals surface area (Å²) < 4.78 is 23.4. The second kappa shape index (κ2) is 19.3. The first kappa shape index (κ1) is 48.9. The van der Waals surface area contributed by atoms with Gasteiger partial charge in [-0.3, -0.25) is 40.0 Å². The molecule has 6 rings (SSSR count). The van der Waals surface area contributed by atoms with Crippen molar-refractivity contribution in [1.82, 2.24) is 0 Å². The van der Waals surface area contributed by atoms with E-state index in [4.69, 9.17) is 18.9 Å². The number of carbonyl (C=O) groups is 3. The molecule has 21 nitrogen and oxygen atoms in total. The standard InChI is InChI=1S/C44H51N5O16/c1-19-11-10-12-20(2)43(57)46-34-27(18-45-47-28-14-13-26(48(58)59)17-29(28)49(60)61)38(54)31-32(39(34)55)37(53)24(6)41-33(31)42(56)44(8,65-41)63-16-15-30(62-9)21(3)40(64-25(7)50)23(5)36(52)22(4)35(19)51/h10-19,21-23,30,35-36,40,47,51-55H,1-9H3,(H,46,57)/b11-10+,16-15+,20-12?,45-18+. The third-order valence-electron chi connectivity index (χ3n) is 11.8. The molecule has 9 unspecified atom stereocenters. The molecule has 65 heavy (non-hydrogen) atoms. The monoisotopic (exact) mass is 905 g/mol. The highest BCUT2D eigenvalue weighted by atomic mass is 16.7. The Hall–Kier alpha value is -7.10. The summed E-state index contributed by atoms with van der Waals surface area (Å²) in [6.07, 6.45) is 3.63. The van der Waals surface area contributed by atoms with Gasteiger partial charge in [-0.2, -0.15) is 5.10 Å². The van der Waals surface area contributed by atoms with E-state index in [1.807, 2.05) is 0 Å². The van der Waals surface area contributed by atoms with Crippen molar-refractivity contribution in [3.63, 3.8) is 0 Å². The Kier molecular flexibility index (Phi) is 14.6. The lowest BCUT2D eigenvalue weighted by Gasteiger charge is -2.38. The molecule has 0 saturated carbocycles. The number of amides is 1. The minimum Gasteiger partial charge on any atom is -0.507 e. The number of aliphatic hydroxyl groups is 2. The number of fused-ring (bicyclic) bond motifs is 14. The summed E-state index contributed by atoms with van der Waals surface area (Å²) >= 11 is 0. The summed E-state index contributed by atoms with van der Waals surface area (Å²) in [7, 11) is 1.38. The number of hydrogen-bond acceptors (Lipinski definition) is 18. The van der Waals surface area contributed by atoms with Crippen molar-refractivity contribution in [1.29, 1.82) is 0 Å². The Morgan fingerprint density at radius 3 is 2.25 bits per heavy atom. The molecule has 0 spiro atoms. The van der Waals surface area contributed by atoms with E-state index in [0.717, 1.165) is 24.6 Å². The summed E-state index contributed by atoms with van der Waals surface area (Å²) in [4.78, 5) is 61.9. The number of rotatable bonds is 7. The molecule has 3 heterocycles. The maximum absolute atomic E-state index is 14.5. The number of nitro groups is 2. The smallest absolute Gasteiger partial charge is 0.312 e. The molecule has 0 aromatic heterocycles. The van der Waals surface area contributed by atoms with E-state index in [1.165, 1.54) is 53.0 Å². The SMILES string of the molecule is COC1/C=C/OC2(C)Oc3c(C)c(O)c4c(O)c(c(/C=N/Nc5ccc([N+](=O)[O-])cc5[N+](=O)[O-])c(O)c4c3C2=O)NC(=O)C(C)=C/C=C/C(C)C(O)C(C)C(O)C(C)C(OC(C)=O)C1C. The number of aromatic hydroxyl groups is 3. The first-order valence-corrected chi connectivity index (χ1v) is 20.3. The fourth-order valence-corrected chi connectivity index (χ4v) is 7.92. The summed E-state index contributed by atoms with van der Waals surface area (Å²) in [6, 6.07) is 2.68. The quantitative estimate of drug-likeness (QED) is 0.0356. The number of esters is 1. The number of benzene rings is 3. The van der Waals surface area contributed by atoms with Crippen LogP contribution in [-0.4, -0.2) is 96.6 Å². The van der Waals surface area contributed by atoms with Gasteiger partial charge in [0.25, 0.3) is 17.4 Å². The van der Waals surface area contributed by atoms with E-state index in [0.29, 0.717) is 6.07 Å². The number of carbonyl (C=O) groups excluding carboxylic acids is 3. The number of nitro benzene ring substituents is 2. The van der Waals surface area contributed by atoms with E-state index in [-0.39, 0.29) is 28.1 Å². The lowest BCUT2D eigenvalue weighted by Crippen LogP contribution is -2.46. The zero-order chi connectivity index (χ0) is 48.4. The molecule has 21 heteroatoms. The fourth-order valence-electron chi connectivity index (χ4n) is 7.92. The van der Waals surface area contributed by atoms with Crippen LogP contribution >= 0.6 is 0 Å². The van der Waals surface area contributed by atoms with Gasteiger partial charge in [-0.25, -0.2) is 0 Å². The normalized spacial score (nSPS) is 27.4. The van der Waals surface area contributed by atoms with Crippen LogP contribution in [0.3, 0.4) is 0 Å². The van der Waals surface area contributed by atoms with E-state index < -0.39 is 132 Å². The van der Waals surface area contributed by atoms with Crippen molar-refractivity contribution in [2.75, 3.05) is 17.9 Å². The number of phenolic OH excluding ortho intramolecular Hbond substituents is 3. The van der Waals surface area contributed by atoms with Gasteiger partial charge in [-0.1, -0.05) is 45.9 Å². The molecule has 0 radical (unpaired) electrons. The maximum atomic E-state index is 14.5. The molecular weight excluding hydrogens is 855 g/mol. The van der Waals surface area contributed by atoms with Gasteiger partial charge in [0.1, 0.15) is 29.0 Å². The van der Waals surface area contributed by atoms with E-state index in [2.05, 4.69) is 15.8 Å². The average Bonchev–Trinajstić information content (AvgIpc) is 3.52. The molecule has 7 N–H and O–H groups in total. The van der Waals surface area contributed by atoms with Gasteiger partial charge in [0.05, 0.1) is 68.9 Å². The molecule has 1 amide bonds. The number of ether oxygens (including phenoxy) is 4. The first-order valence-electron chi connectivity index (χ1n) is 20.3. The van der Waals surface area contributed by atoms with Gasteiger partial charge in [-0.15, -0.1) is 0 Å². The van der Waals surface area contributed by atoms with E-state index in [9.17, 15) is 60.1 Å². The number of nitrogens with zero attached hydrogens (tertiary/aromatic N) is 3. The van der Waals surface area contributed by atoms with Crippen LogP contribution in [0.25, 0.3) is 10.8 Å². The van der Waals surface area contributed by atoms with Crippen molar-refractivity contribution < 1.29 is 68.7 Å². The Morgan fingerprint density at radius 1 is 0.954 bits per heavy atom. The van der Waals surface area contributed by atoms with Crippen LogP contribution in [-0.2, 0) is 23.8 Å². The van der Waals surface area contributed by atoms with Crippen molar-refractivity contribution in [2.45, 2.75) is 85.6 Å². The third-order valence-corrected chi connectivity index (χ3v) is 11.8. The number of hydrazone groups is 1. The van der Waals surface area contributed by atoms with Crippen LogP contribution in [0.15, 0.2) is 59.4 Å². The zero-order valence-electron chi connectivity index (χ0n) is 36.9. The Bertz CT molecular complexity index is 2550. The lowest BCUT2D eigenvalue weighted by atomic mass is 9.78. The number of anilines is 2. The van der Waals surface area contributed by atoms with Crippen LogP contribution in [0.2, 0.25) is 0 Å². The highest BCUT2D eigenvalue weighted by molar-refractivity contribution is 6.24. The van der Waals surface area contributed by atoms with Crippen molar-refractivity contribution >= 4 is 57.4 Å². The number of non-ortho nitro benzene ring substituents is 1. The van der Waals surface area contributed by atoms with Crippen molar-refractivity contribution in [2.24, 2.45) is 28.8 Å². The largest absolute Gasteiger partial charge is 0.507 e. The molecule has 5 bridgehead atoms. The van der Waals surface area contributed by atoms with E-state index >= 15 is 0 Å². The topological polar surface area (TPSA) is 312 Å². The second-order valence-corrected chi connectivity index (χ2v) is 16.2. The van der Waals surface area contributed by atoms with Crippen LogP contribution in [0.1, 0.15) is 70.0 Å². The molecule has 0 saturated heterocycles. The summed E-state index contributed by atoms with van der Waals surface area (Å²) in [5, 5.41) is 87.0. The molecule has 0 aliphatic carbocycles. The van der Waals surface area contributed by atoms with Crippen molar-refractivity contribution in [3.8, 4) is 23.0 Å². The first-order chi connectivity index (χ1) is 30.5. The number of aliphatic hydroxyl groups excluding tert-OH is 2. The molecule has 9 atom stereocenters. The number of nitrogens with one attached hydrogen (secondary N) is 2. The molecule has 3 aromatic rings. The number of allylic oxidation sites excluding steroid dienone is 2. The van der Waals surface area contributed by atoms with Gasteiger partial charge >= 0.3 is 17.4 Å². The Morgan fingerprint density at radius 2 is 1.63 bits per heavy atom. The molecule has 3 aliphatic rings. The predicted octanol–water partition coefficient (Wildman–Crippen LogP) is 6.02. The highest BCUT2D eigenvalue weighted by Gasteiger charge is 2.50. The number of hydrogen-bond donors (Lipinski definition) is 7. The van der Waals surface area contributed by atoms with Gasteiger partial charge in [-0.05, 0) is 26.0 Å². The molecule has 3 aromatic carbocycles. The van der Waals surface area contributed by atoms with E-state index in [1.54, 1.807) is 33.8 Å². The Balaban J connectivity index is 1.73. The molecule has 3 aliphatic heterocycles. The van der Waals surface area contributed by atoms with Crippen LogP contribution < -0.4 is 15.5 Å².